The lowest BCUT2D eigenvalue weighted by Crippen LogP contribution is -2.45. The molecule has 0 radical (unpaired) electrons. The number of pyridine rings is 1. The number of carbonyl (C=O) groups is 1. The smallest absolute Gasteiger partial charge is 0.231 e. The quantitative estimate of drug-likeness (QED) is 0.788. The second-order valence-electron chi connectivity index (χ2n) is 6.88. The molecule has 2 fully saturated rings. The van der Waals surface area contributed by atoms with Gasteiger partial charge in [-0.1, -0.05) is 11.8 Å². The molecular weight excluding hydrogens is 348 g/mol. The zero-order valence-electron chi connectivity index (χ0n) is 14.4. The molecule has 2 heterocycles. The number of nitriles is 1. The summed E-state index contributed by atoms with van der Waals surface area (Å²) in [5, 5.41) is 21.7. The lowest BCUT2D eigenvalue weighted by Gasteiger charge is -2.21. The maximum atomic E-state index is 12.4. The first kappa shape index (κ1) is 17.0. The number of carbonyl (C=O) groups excluding carboxylic acids is 1. The standard InChI is InChI=1S/C18H20N6OS/c19-12-18(7-1-2-8-18)21-15(25)11-26-17-23-22-16(24(17)14-3-4-14)13-5-9-20-10-6-13/h5-6,9-10,14H,1-4,7-8,11H2,(H,21,25). The first-order valence-electron chi connectivity index (χ1n) is 8.91. The molecule has 0 spiro atoms. The van der Waals surface area contributed by atoms with Gasteiger partial charge in [0.05, 0.1) is 11.8 Å². The molecular formula is C18H20N6OS. The summed E-state index contributed by atoms with van der Waals surface area (Å²) >= 11 is 1.38. The third-order valence-corrected chi connectivity index (χ3v) is 5.84. The van der Waals surface area contributed by atoms with Crippen LogP contribution in [0.25, 0.3) is 11.4 Å². The minimum atomic E-state index is -0.677. The van der Waals surface area contributed by atoms with Gasteiger partial charge in [-0.15, -0.1) is 10.2 Å². The lowest BCUT2D eigenvalue weighted by atomic mass is 10.0. The molecule has 1 amide bonds. The Kier molecular flexibility index (Phi) is 4.64. The maximum Gasteiger partial charge on any atom is 0.231 e. The molecule has 0 aliphatic heterocycles. The highest BCUT2D eigenvalue weighted by molar-refractivity contribution is 7.99. The van der Waals surface area contributed by atoms with Crippen LogP contribution in [0.3, 0.4) is 0 Å². The van der Waals surface area contributed by atoms with Crippen LogP contribution in [0.15, 0.2) is 29.7 Å². The van der Waals surface area contributed by atoms with Gasteiger partial charge in [-0.3, -0.25) is 14.3 Å². The molecule has 0 aromatic carbocycles. The average molecular weight is 368 g/mol. The SMILES string of the molecule is N#CC1(NC(=O)CSc2nnc(-c3ccncc3)n2C2CC2)CCCC1. The Bertz CT molecular complexity index is 833. The molecule has 4 rings (SSSR count). The van der Waals surface area contributed by atoms with Crippen molar-refractivity contribution in [3.63, 3.8) is 0 Å². The largest absolute Gasteiger partial charge is 0.337 e. The normalized spacial score (nSPS) is 18.4. The van der Waals surface area contributed by atoms with E-state index in [1.54, 1.807) is 12.4 Å². The predicted octanol–water partition coefficient (Wildman–Crippen LogP) is 2.72. The summed E-state index contributed by atoms with van der Waals surface area (Å²) in [4.78, 5) is 16.4. The van der Waals surface area contributed by atoms with Crippen LogP contribution in [-0.4, -0.2) is 36.9 Å². The number of hydrogen-bond acceptors (Lipinski definition) is 6. The molecule has 8 heteroatoms. The molecule has 0 bridgehead atoms. The van der Waals surface area contributed by atoms with E-state index in [0.29, 0.717) is 6.04 Å². The molecule has 2 aliphatic carbocycles. The lowest BCUT2D eigenvalue weighted by molar-refractivity contribution is -0.119. The van der Waals surface area contributed by atoms with Gasteiger partial charge < -0.3 is 5.32 Å². The third kappa shape index (κ3) is 3.44. The second kappa shape index (κ2) is 7.08. The van der Waals surface area contributed by atoms with Gasteiger partial charge >= 0.3 is 0 Å². The Morgan fingerprint density at radius 1 is 1.31 bits per heavy atom. The summed E-state index contributed by atoms with van der Waals surface area (Å²) in [6, 6.07) is 6.53. The molecule has 0 atom stereocenters. The van der Waals surface area contributed by atoms with Crippen molar-refractivity contribution in [3.8, 4) is 17.5 Å². The second-order valence-corrected chi connectivity index (χ2v) is 7.82. The Hall–Kier alpha value is -2.40. The maximum absolute atomic E-state index is 12.4. The Balaban J connectivity index is 1.46. The van der Waals surface area contributed by atoms with Crippen molar-refractivity contribution in [2.24, 2.45) is 0 Å². The van der Waals surface area contributed by atoms with E-state index in [9.17, 15) is 10.1 Å². The fourth-order valence-corrected chi connectivity index (χ4v) is 4.22. The molecule has 134 valence electrons. The highest BCUT2D eigenvalue weighted by atomic mass is 32.2. The number of rotatable bonds is 6. The molecule has 1 N–H and O–H groups in total. The number of nitrogens with zero attached hydrogens (tertiary/aromatic N) is 5. The highest BCUT2D eigenvalue weighted by Crippen LogP contribution is 2.41. The first-order chi connectivity index (χ1) is 12.7. The van der Waals surface area contributed by atoms with Crippen molar-refractivity contribution in [2.45, 2.75) is 55.3 Å². The van der Waals surface area contributed by atoms with Crippen molar-refractivity contribution in [1.29, 1.82) is 5.26 Å². The molecule has 2 aromatic heterocycles. The minimum absolute atomic E-state index is 0.116. The molecule has 2 aromatic rings. The van der Waals surface area contributed by atoms with E-state index >= 15 is 0 Å². The van der Waals surface area contributed by atoms with E-state index in [4.69, 9.17) is 0 Å². The number of thioether (sulfide) groups is 1. The van der Waals surface area contributed by atoms with Crippen molar-refractivity contribution < 1.29 is 4.79 Å². The van der Waals surface area contributed by atoms with Crippen LogP contribution >= 0.6 is 11.8 Å². The summed E-state index contributed by atoms with van der Waals surface area (Å²) in [6.45, 7) is 0. The van der Waals surface area contributed by atoms with Crippen LogP contribution in [0.1, 0.15) is 44.6 Å². The molecule has 2 aliphatic rings. The number of hydrogen-bond donors (Lipinski definition) is 1. The van der Waals surface area contributed by atoms with E-state index in [-0.39, 0.29) is 11.7 Å². The van der Waals surface area contributed by atoms with Crippen molar-refractivity contribution in [2.75, 3.05) is 5.75 Å². The molecule has 0 saturated heterocycles. The van der Waals surface area contributed by atoms with Gasteiger partial charge in [0, 0.05) is 24.0 Å². The van der Waals surface area contributed by atoms with E-state index in [0.717, 1.165) is 55.1 Å². The van der Waals surface area contributed by atoms with Crippen LogP contribution in [0.4, 0.5) is 0 Å². The summed E-state index contributed by atoms with van der Waals surface area (Å²) in [5.74, 6) is 0.946. The Morgan fingerprint density at radius 2 is 2.04 bits per heavy atom. The summed E-state index contributed by atoms with van der Waals surface area (Å²) in [5.41, 5.74) is 0.300. The van der Waals surface area contributed by atoms with E-state index in [2.05, 4.69) is 31.1 Å². The van der Waals surface area contributed by atoms with Gasteiger partial charge in [0.1, 0.15) is 5.54 Å². The van der Waals surface area contributed by atoms with Crippen LogP contribution in [-0.2, 0) is 4.79 Å². The van der Waals surface area contributed by atoms with Crippen molar-refractivity contribution >= 4 is 17.7 Å². The third-order valence-electron chi connectivity index (χ3n) is 4.90. The average Bonchev–Trinajstić information content (AvgIpc) is 3.25. The van der Waals surface area contributed by atoms with Crippen molar-refractivity contribution in [3.05, 3.63) is 24.5 Å². The van der Waals surface area contributed by atoms with Crippen LogP contribution in [0, 0.1) is 11.3 Å². The fraction of sp³-hybridized carbons (Fsp3) is 0.500. The topological polar surface area (TPSA) is 96.5 Å². The predicted molar refractivity (Wildman–Crippen MR) is 97.2 cm³/mol. The monoisotopic (exact) mass is 368 g/mol. The summed E-state index contributed by atoms with van der Waals surface area (Å²) in [7, 11) is 0. The zero-order valence-corrected chi connectivity index (χ0v) is 15.2. The van der Waals surface area contributed by atoms with Gasteiger partial charge in [0.2, 0.25) is 5.91 Å². The zero-order chi connectivity index (χ0) is 18.0. The van der Waals surface area contributed by atoms with Gasteiger partial charge in [-0.25, -0.2) is 0 Å². The van der Waals surface area contributed by atoms with Crippen LogP contribution < -0.4 is 5.32 Å². The van der Waals surface area contributed by atoms with Gasteiger partial charge in [-0.2, -0.15) is 5.26 Å². The Morgan fingerprint density at radius 3 is 2.69 bits per heavy atom. The minimum Gasteiger partial charge on any atom is -0.337 e. The van der Waals surface area contributed by atoms with Gasteiger partial charge in [0.25, 0.3) is 0 Å². The fourth-order valence-electron chi connectivity index (χ4n) is 3.41. The molecule has 0 unspecified atom stereocenters. The van der Waals surface area contributed by atoms with Crippen molar-refractivity contribution in [1.82, 2.24) is 25.1 Å². The molecule has 7 nitrogen and oxygen atoms in total. The molecule has 2 saturated carbocycles. The number of nitrogens with one attached hydrogen (secondary N) is 1. The number of amides is 1. The van der Waals surface area contributed by atoms with Crippen LogP contribution in [0.5, 0.6) is 0 Å². The Labute approximate surface area is 156 Å². The van der Waals surface area contributed by atoms with E-state index in [1.807, 2.05) is 12.1 Å². The van der Waals surface area contributed by atoms with Crippen LogP contribution in [0.2, 0.25) is 0 Å². The van der Waals surface area contributed by atoms with Gasteiger partial charge in [0.15, 0.2) is 11.0 Å². The summed E-state index contributed by atoms with van der Waals surface area (Å²) in [6.07, 6.45) is 9.16. The van der Waals surface area contributed by atoms with E-state index in [1.165, 1.54) is 11.8 Å². The summed E-state index contributed by atoms with van der Waals surface area (Å²) < 4.78 is 2.13. The number of aromatic nitrogens is 4. The first-order valence-corrected chi connectivity index (χ1v) is 9.90. The molecule has 26 heavy (non-hydrogen) atoms. The highest BCUT2D eigenvalue weighted by Gasteiger charge is 2.35. The van der Waals surface area contributed by atoms with E-state index < -0.39 is 5.54 Å². The van der Waals surface area contributed by atoms with Gasteiger partial charge in [-0.05, 0) is 50.7 Å².